The van der Waals surface area contributed by atoms with Gasteiger partial charge in [-0.2, -0.15) is 0 Å². The van der Waals surface area contributed by atoms with E-state index in [9.17, 15) is 23.1 Å². The largest absolute Gasteiger partial charge is 0.545 e. The number of carbonyl (C=O) groups excluding carboxylic acids is 2. The summed E-state index contributed by atoms with van der Waals surface area (Å²) < 4.78 is 28.0. The second-order valence-electron chi connectivity index (χ2n) is 5.76. The molecule has 0 radical (unpaired) electrons. The molecular formula is C18H11N2O5S-. The Morgan fingerprint density at radius 3 is 2.42 bits per heavy atom. The van der Waals surface area contributed by atoms with E-state index in [0.717, 1.165) is 0 Å². The molecule has 26 heavy (non-hydrogen) atoms. The number of amides is 1. The fraction of sp³-hybridized carbons (Fsp3) is 0. The van der Waals surface area contributed by atoms with E-state index in [0.29, 0.717) is 22.0 Å². The third-order valence-electron chi connectivity index (χ3n) is 4.16. The van der Waals surface area contributed by atoms with Crippen LogP contribution in [0.1, 0.15) is 20.7 Å². The Hall–Kier alpha value is -3.39. The van der Waals surface area contributed by atoms with E-state index in [4.69, 9.17) is 0 Å². The van der Waals surface area contributed by atoms with E-state index in [1.54, 1.807) is 24.3 Å². The number of carbonyl (C=O) groups is 2. The van der Waals surface area contributed by atoms with Crippen LogP contribution in [0.3, 0.4) is 0 Å². The van der Waals surface area contributed by atoms with E-state index in [1.807, 2.05) is 0 Å². The van der Waals surface area contributed by atoms with Crippen molar-refractivity contribution in [3.63, 3.8) is 0 Å². The highest BCUT2D eigenvalue weighted by atomic mass is 32.2. The lowest BCUT2D eigenvalue weighted by Gasteiger charge is -2.12. The number of sulfonamides is 1. The van der Waals surface area contributed by atoms with Gasteiger partial charge in [-0.05, 0) is 35.9 Å². The summed E-state index contributed by atoms with van der Waals surface area (Å²) in [5.41, 5.74) is 1.15. The van der Waals surface area contributed by atoms with Crippen molar-refractivity contribution in [2.45, 2.75) is 4.90 Å². The number of benzene rings is 3. The van der Waals surface area contributed by atoms with Crippen LogP contribution in [0.5, 0.6) is 0 Å². The first-order valence-corrected chi connectivity index (χ1v) is 9.06. The molecule has 1 aliphatic rings. The molecule has 1 heterocycles. The van der Waals surface area contributed by atoms with Crippen molar-refractivity contribution in [2.75, 3.05) is 10.0 Å². The monoisotopic (exact) mass is 367 g/mol. The molecule has 1 aliphatic heterocycles. The summed E-state index contributed by atoms with van der Waals surface area (Å²) in [6.07, 6.45) is 0. The van der Waals surface area contributed by atoms with E-state index in [2.05, 4.69) is 10.0 Å². The Kier molecular flexibility index (Phi) is 3.45. The third-order valence-corrected chi connectivity index (χ3v) is 5.60. The van der Waals surface area contributed by atoms with E-state index >= 15 is 0 Å². The van der Waals surface area contributed by atoms with Crippen LogP contribution in [0, 0.1) is 0 Å². The molecule has 0 aliphatic carbocycles. The molecule has 3 aromatic rings. The highest BCUT2D eigenvalue weighted by molar-refractivity contribution is 7.93. The number of anilines is 2. The molecule has 0 spiro atoms. The van der Waals surface area contributed by atoms with E-state index < -0.39 is 16.0 Å². The molecule has 0 saturated heterocycles. The summed E-state index contributed by atoms with van der Waals surface area (Å²) >= 11 is 0. The fourth-order valence-corrected chi connectivity index (χ4v) is 4.24. The van der Waals surface area contributed by atoms with Gasteiger partial charge in [0.15, 0.2) is 0 Å². The summed E-state index contributed by atoms with van der Waals surface area (Å²) in [5.74, 6) is -1.62. The van der Waals surface area contributed by atoms with Gasteiger partial charge in [0.2, 0.25) is 0 Å². The van der Waals surface area contributed by atoms with Crippen molar-refractivity contribution in [3.8, 4) is 0 Å². The molecular weight excluding hydrogens is 356 g/mol. The minimum absolute atomic E-state index is 0.0265. The van der Waals surface area contributed by atoms with Crippen LogP contribution in [-0.2, 0) is 10.0 Å². The normalized spacial score (nSPS) is 12.8. The zero-order valence-electron chi connectivity index (χ0n) is 13.1. The van der Waals surface area contributed by atoms with Crippen LogP contribution in [0.25, 0.3) is 10.8 Å². The van der Waals surface area contributed by atoms with Crippen molar-refractivity contribution in [1.29, 1.82) is 0 Å². The minimum atomic E-state index is -3.95. The van der Waals surface area contributed by atoms with Crippen LogP contribution < -0.4 is 15.1 Å². The van der Waals surface area contributed by atoms with Gasteiger partial charge in [0.05, 0.1) is 10.9 Å². The summed E-state index contributed by atoms with van der Waals surface area (Å²) in [4.78, 5) is 22.8. The molecule has 130 valence electrons. The average molecular weight is 367 g/mol. The third kappa shape index (κ3) is 2.47. The molecule has 0 aromatic heterocycles. The molecule has 0 unspecified atom stereocenters. The Labute approximate surface area is 148 Å². The summed E-state index contributed by atoms with van der Waals surface area (Å²) in [6, 6.07) is 13.1. The van der Waals surface area contributed by atoms with Gasteiger partial charge in [-0.1, -0.05) is 24.3 Å². The predicted octanol–water partition coefficient (Wildman–Crippen LogP) is 1.57. The summed E-state index contributed by atoms with van der Waals surface area (Å²) in [6.45, 7) is 0. The summed E-state index contributed by atoms with van der Waals surface area (Å²) in [5, 5.41) is 14.5. The number of rotatable bonds is 4. The number of hydrogen-bond donors (Lipinski definition) is 2. The van der Waals surface area contributed by atoms with Crippen molar-refractivity contribution >= 4 is 44.0 Å². The highest BCUT2D eigenvalue weighted by Gasteiger charge is 2.26. The van der Waals surface area contributed by atoms with Crippen molar-refractivity contribution in [2.24, 2.45) is 0 Å². The Bertz CT molecular complexity index is 1180. The lowest BCUT2D eigenvalue weighted by molar-refractivity contribution is -0.255. The predicted molar refractivity (Wildman–Crippen MR) is 93.5 cm³/mol. The van der Waals surface area contributed by atoms with Crippen LogP contribution in [0.4, 0.5) is 11.4 Å². The average Bonchev–Trinajstić information content (AvgIpc) is 2.93. The SMILES string of the molecule is O=C([O-])c1ccc(NS(=O)(=O)c2ccc3c4c(cccc24)C(=O)N3)cc1. The molecule has 2 N–H and O–H groups in total. The van der Waals surface area contributed by atoms with Gasteiger partial charge < -0.3 is 15.2 Å². The van der Waals surface area contributed by atoms with Crippen LogP contribution in [0.15, 0.2) is 59.5 Å². The van der Waals surface area contributed by atoms with Gasteiger partial charge in [-0.3, -0.25) is 9.52 Å². The van der Waals surface area contributed by atoms with Crippen LogP contribution >= 0.6 is 0 Å². The number of carboxylic acids is 1. The molecule has 3 aromatic carbocycles. The standard InChI is InChI=1S/C18H12N2O5S/c21-17-13-3-1-2-12-15(9-8-14(19-17)16(12)13)26(24,25)20-11-6-4-10(5-7-11)18(22)23/h1-9,20H,(H,19,21)(H,22,23)/p-1. The fourth-order valence-electron chi connectivity index (χ4n) is 2.98. The molecule has 0 atom stereocenters. The Morgan fingerprint density at radius 1 is 1.00 bits per heavy atom. The highest BCUT2D eigenvalue weighted by Crippen LogP contribution is 2.36. The smallest absolute Gasteiger partial charge is 0.262 e. The maximum atomic E-state index is 12.8. The molecule has 0 saturated carbocycles. The van der Waals surface area contributed by atoms with Crippen molar-refractivity contribution in [1.82, 2.24) is 0 Å². The zero-order chi connectivity index (χ0) is 18.5. The number of nitrogens with one attached hydrogen (secondary N) is 2. The maximum Gasteiger partial charge on any atom is 0.262 e. The maximum absolute atomic E-state index is 12.8. The van der Waals surface area contributed by atoms with E-state index in [1.165, 1.54) is 30.3 Å². The van der Waals surface area contributed by atoms with E-state index in [-0.39, 0.29) is 22.1 Å². The molecule has 1 amide bonds. The lowest BCUT2D eigenvalue weighted by atomic mass is 10.1. The molecule has 0 bridgehead atoms. The Morgan fingerprint density at radius 2 is 1.73 bits per heavy atom. The first-order chi connectivity index (χ1) is 12.4. The summed E-state index contributed by atoms with van der Waals surface area (Å²) in [7, 11) is -3.95. The quantitative estimate of drug-likeness (QED) is 0.726. The molecule has 0 fully saturated rings. The first-order valence-electron chi connectivity index (χ1n) is 7.58. The second kappa shape index (κ2) is 5.57. The number of aromatic carboxylic acids is 1. The van der Waals surface area contributed by atoms with Crippen molar-refractivity contribution < 1.29 is 23.1 Å². The van der Waals surface area contributed by atoms with Gasteiger partial charge in [0.1, 0.15) is 0 Å². The number of hydrogen-bond acceptors (Lipinski definition) is 5. The van der Waals surface area contributed by atoms with Gasteiger partial charge in [0, 0.05) is 27.7 Å². The van der Waals surface area contributed by atoms with Gasteiger partial charge in [-0.15, -0.1) is 0 Å². The molecule has 4 rings (SSSR count). The Balaban J connectivity index is 1.79. The zero-order valence-corrected chi connectivity index (χ0v) is 14.0. The molecule has 7 nitrogen and oxygen atoms in total. The minimum Gasteiger partial charge on any atom is -0.545 e. The van der Waals surface area contributed by atoms with Gasteiger partial charge in [0.25, 0.3) is 15.9 Å². The van der Waals surface area contributed by atoms with Gasteiger partial charge >= 0.3 is 0 Å². The first kappa shape index (κ1) is 16.1. The van der Waals surface area contributed by atoms with Gasteiger partial charge in [-0.25, -0.2) is 8.42 Å². The van der Waals surface area contributed by atoms with Crippen LogP contribution in [0.2, 0.25) is 0 Å². The van der Waals surface area contributed by atoms with Crippen LogP contribution in [-0.4, -0.2) is 20.3 Å². The lowest BCUT2D eigenvalue weighted by Crippen LogP contribution is -2.22. The molecule has 8 heteroatoms. The topological polar surface area (TPSA) is 115 Å². The second-order valence-corrected chi connectivity index (χ2v) is 7.41. The van der Waals surface area contributed by atoms with Crippen molar-refractivity contribution in [3.05, 3.63) is 65.7 Å². The number of carboxylic acid groups (broad SMARTS) is 1.